The second kappa shape index (κ2) is 6.25. The van der Waals surface area contributed by atoms with Crippen LogP contribution in [-0.2, 0) is 10.8 Å². The van der Waals surface area contributed by atoms with Gasteiger partial charge in [0.25, 0.3) is 0 Å². The summed E-state index contributed by atoms with van der Waals surface area (Å²) in [6.07, 6.45) is 2.59. The molecule has 0 radical (unpaired) electrons. The van der Waals surface area contributed by atoms with E-state index in [-0.39, 0.29) is 6.04 Å². The van der Waals surface area contributed by atoms with Gasteiger partial charge in [0, 0.05) is 33.3 Å². The maximum Gasteiger partial charge on any atom is 0.0587 e. The van der Waals surface area contributed by atoms with Gasteiger partial charge < -0.3 is 11.1 Å². The molecule has 0 saturated carbocycles. The summed E-state index contributed by atoms with van der Waals surface area (Å²) < 4.78 is 12.0. The first-order chi connectivity index (χ1) is 7.49. The zero-order valence-corrected chi connectivity index (χ0v) is 11.9. The SMILES string of the molecule is CC(CCS(C)=O)Nc1cc(Br)ccc1N. The van der Waals surface area contributed by atoms with Crippen molar-refractivity contribution in [3.05, 3.63) is 22.7 Å². The first kappa shape index (κ1) is 13.5. The van der Waals surface area contributed by atoms with E-state index in [9.17, 15) is 4.21 Å². The lowest BCUT2D eigenvalue weighted by atomic mass is 10.2. The van der Waals surface area contributed by atoms with Crippen LogP contribution in [0.3, 0.4) is 0 Å². The molecule has 0 aliphatic rings. The van der Waals surface area contributed by atoms with Gasteiger partial charge in [0.15, 0.2) is 0 Å². The van der Waals surface area contributed by atoms with E-state index in [1.54, 1.807) is 6.26 Å². The van der Waals surface area contributed by atoms with E-state index in [1.165, 1.54) is 0 Å². The average Bonchev–Trinajstić information content (AvgIpc) is 2.20. The molecule has 3 nitrogen and oxygen atoms in total. The lowest BCUT2D eigenvalue weighted by Crippen LogP contribution is -2.18. The van der Waals surface area contributed by atoms with E-state index >= 15 is 0 Å². The van der Waals surface area contributed by atoms with Crippen molar-refractivity contribution in [2.45, 2.75) is 19.4 Å². The van der Waals surface area contributed by atoms with Crippen LogP contribution in [0.2, 0.25) is 0 Å². The molecule has 0 saturated heterocycles. The Morgan fingerprint density at radius 2 is 2.25 bits per heavy atom. The predicted molar refractivity (Wildman–Crippen MR) is 75.2 cm³/mol. The second-order valence-corrected chi connectivity index (χ2v) is 6.31. The Labute approximate surface area is 107 Å². The minimum absolute atomic E-state index is 0.264. The number of anilines is 2. The third-order valence-corrected chi connectivity index (χ3v) is 3.56. The van der Waals surface area contributed by atoms with Crippen molar-refractivity contribution in [3.8, 4) is 0 Å². The maximum absolute atomic E-state index is 11.0. The quantitative estimate of drug-likeness (QED) is 0.822. The number of nitrogens with one attached hydrogen (secondary N) is 1. The monoisotopic (exact) mass is 304 g/mol. The van der Waals surface area contributed by atoms with Crippen LogP contribution in [0.15, 0.2) is 22.7 Å². The van der Waals surface area contributed by atoms with Crippen molar-refractivity contribution in [2.24, 2.45) is 0 Å². The Morgan fingerprint density at radius 3 is 2.88 bits per heavy atom. The summed E-state index contributed by atoms with van der Waals surface area (Å²) in [6.45, 7) is 2.06. The minimum Gasteiger partial charge on any atom is -0.397 e. The number of nitrogens with two attached hydrogens (primary N) is 1. The molecule has 16 heavy (non-hydrogen) atoms. The molecule has 1 aromatic carbocycles. The fraction of sp³-hybridized carbons (Fsp3) is 0.455. The summed E-state index contributed by atoms with van der Waals surface area (Å²) in [6, 6.07) is 5.98. The molecule has 1 rings (SSSR count). The largest absolute Gasteiger partial charge is 0.397 e. The van der Waals surface area contributed by atoms with Crippen LogP contribution in [0, 0.1) is 0 Å². The van der Waals surface area contributed by atoms with Crippen LogP contribution in [-0.4, -0.2) is 22.3 Å². The second-order valence-electron chi connectivity index (χ2n) is 3.84. The molecular formula is C11H17BrN2OS. The molecule has 0 spiro atoms. The summed E-state index contributed by atoms with van der Waals surface area (Å²) in [5.41, 5.74) is 7.50. The van der Waals surface area contributed by atoms with Crippen LogP contribution in [0.4, 0.5) is 11.4 Å². The standard InChI is InChI=1S/C11H17BrN2OS/c1-8(5-6-16(2)15)14-11-7-9(12)3-4-10(11)13/h3-4,7-8,14H,5-6,13H2,1-2H3. The molecule has 2 unspecified atom stereocenters. The Balaban J connectivity index is 2.58. The van der Waals surface area contributed by atoms with Gasteiger partial charge in [0.05, 0.1) is 11.4 Å². The highest BCUT2D eigenvalue weighted by atomic mass is 79.9. The van der Waals surface area contributed by atoms with Gasteiger partial charge in [-0.25, -0.2) is 0 Å². The van der Waals surface area contributed by atoms with Gasteiger partial charge in [-0.3, -0.25) is 4.21 Å². The number of hydrogen-bond acceptors (Lipinski definition) is 3. The van der Waals surface area contributed by atoms with E-state index in [1.807, 2.05) is 18.2 Å². The molecule has 0 aliphatic carbocycles. The number of nitrogen functional groups attached to an aromatic ring is 1. The Bertz CT molecular complexity index is 384. The zero-order valence-electron chi connectivity index (χ0n) is 9.50. The highest BCUT2D eigenvalue weighted by molar-refractivity contribution is 9.10. The van der Waals surface area contributed by atoms with Gasteiger partial charge in [0.2, 0.25) is 0 Å². The van der Waals surface area contributed by atoms with Crippen molar-refractivity contribution in [3.63, 3.8) is 0 Å². The van der Waals surface area contributed by atoms with E-state index in [4.69, 9.17) is 5.73 Å². The van der Waals surface area contributed by atoms with Gasteiger partial charge >= 0.3 is 0 Å². The van der Waals surface area contributed by atoms with Crippen molar-refractivity contribution in [1.29, 1.82) is 0 Å². The Hall–Kier alpha value is -0.550. The third-order valence-electron chi connectivity index (χ3n) is 2.26. The summed E-state index contributed by atoms with van der Waals surface area (Å²) in [7, 11) is -0.734. The van der Waals surface area contributed by atoms with Gasteiger partial charge in [0.1, 0.15) is 0 Å². The van der Waals surface area contributed by atoms with Crippen molar-refractivity contribution in [2.75, 3.05) is 23.1 Å². The topological polar surface area (TPSA) is 55.1 Å². The highest BCUT2D eigenvalue weighted by Crippen LogP contribution is 2.24. The fourth-order valence-electron chi connectivity index (χ4n) is 1.33. The van der Waals surface area contributed by atoms with E-state index in [2.05, 4.69) is 28.2 Å². The fourth-order valence-corrected chi connectivity index (χ4v) is 2.38. The molecule has 0 aliphatic heterocycles. The molecule has 5 heteroatoms. The molecule has 0 heterocycles. The van der Waals surface area contributed by atoms with Crippen molar-refractivity contribution >= 4 is 38.1 Å². The van der Waals surface area contributed by atoms with Gasteiger partial charge in [-0.2, -0.15) is 0 Å². The molecule has 0 bridgehead atoms. The lowest BCUT2D eigenvalue weighted by molar-refractivity contribution is 0.678. The maximum atomic E-state index is 11.0. The van der Waals surface area contributed by atoms with Gasteiger partial charge in [-0.15, -0.1) is 0 Å². The number of halogens is 1. The molecular weight excluding hydrogens is 288 g/mol. The average molecular weight is 305 g/mol. The third kappa shape index (κ3) is 4.53. The first-order valence-electron chi connectivity index (χ1n) is 5.10. The minimum atomic E-state index is -0.734. The van der Waals surface area contributed by atoms with E-state index < -0.39 is 10.8 Å². The number of hydrogen-bond donors (Lipinski definition) is 2. The van der Waals surface area contributed by atoms with Crippen molar-refractivity contribution < 1.29 is 4.21 Å². The van der Waals surface area contributed by atoms with Crippen LogP contribution >= 0.6 is 15.9 Å². The molecule has 2 atom stereocenters. The summed E-state index contributed by atoms with van der Waals surface area (Å²) >= 11 is 3.40. The van der Waals surface area contributed by atoms with E-state index in [0.29, 0.717) is 5.75 Å². The smallest absolute Gasteiger partial charge is 0.0587 e. The van der Waals surface area contributed by atoms with Gasteiger partial charge in [-0.1, -0.05) is 15.9 Å². The Kier molecular flexibility index (Phi) is 5.28. The zero-order chi connectivity index (χ0) is 12.1. The van der Waals surface area contributed by atoms with Crippen LogP contribution in [0.5, 0.6) is 0 Å². The summed E-state index contributed by atoms with van der Waals surface area (Å²) in [5.74, 6) is 0.710. The van der Waals surface area contributed by atoms with Crippen LogP contribution < -0.4 is 11.1 Å². The summed E-state index contributed by atoms with van der Waals surface area (Å²) in [4.78, 5) is 0. The number of benzene rings is 1. The molecule has 0 amide bonds. The first-order valence-corrected chi connectivity index (χ1v) is 7.62. The summed E-state index contributed by atoms with van der Waals surface area (Å²) in [5, 5.41) is 3.32. The van der Waals surface area contributed by atoms with Crippen LogP contribution in [0.25, 0.3) is 0 Å². The Morgan fingerprint density at radius 1 is 1.56 bits per heavy atom. The molecule has 1 aromatic rings. The molecule has 0 fully saturated rings. The van der Waals surface area contributed by atoms with Gasteiger partial charge in [-0.05, 0) is 31.5 Å². The molecule has 90 valence electrons. The normalized spacial score (nSPS) is 14.4. The lowest BCUT2D eigenvalue weighted by Gasteiger charge is -2.16. The van der Waals surface area contributed by atoms with E-state index in [0.717, 1.165) is 22.3 Å². The van der Waals surface area contributed by atoms with Crippen LogP contribution in [0.1, 0.15) is 13.3 Å². The molecule has 3 N–H and O–H groups in total. The predicted octanol–water partition coefficient (Wildman–Crippen LogP) is 2.60. The van der Waals surface area contributed by atoms with Crippen molar-refractivity contribution in [1.82, 2.24) is 0 Å². The highest BCUT2D eigenvalue weighted by Gasteiger charge is 2.06. The molecule has 0 aromatic heterocycles. The number of rotatable bonds is 5.